The van der Waals surface area contributed by atoms with Gasteiger partial charge in [0, 0.05) is 49.4 Å². The zero-order valence-electron chi connectivity index (χ0n) is 19.9. The second kappa shape index (κ2) is 10.1. The van der Waals surface area contributed by atoms with E-state index in [0.29, 0.717) is 12.8 Å². The number of hydrogen-bond donors (Lipinski definition) is 3. The van der Waals surface area contributed by atoms with Crippen LogP contribution < -0.4 is 15.4 Å². The highest BCUT2D eigenvalue weighted by Crippen LogP contribution is 2.47. The summed E-state index contributed by atoms with van der Waals surface area (Å²) in [6.07, 6.45) is 4.29. The van der Waals surface area contributed by atoms with Crippen molar-refractivity contribution in [3.8, 4) is 5.75 Å². The summed E-state index contributed by atoms with van der Waals surface area (Å²) in [5, 5.41) is 16.0. The first-order valence-corrected chi connectivity index (χ1v) is 12.6. The van der Waals surface area contributed by atoms with Crippen LogP contribution in [0.2, 0.25) is 0 Å². The molecule has 34 heavy (non-hydrogen) atoms. The predicted octanol–water partition coefficient (Wildman–Crippen LogP) is 1.91. The van der Waals surface area contributed by atoms with Crippen LogP contribution >= 0.6 is 0 Å². The van der Waals surface area contributed by atoms with Gasteiger partial charge >= 0.3 is 6.03 Å². The summed E-state index contributed by atoms with van der Waals surface area (Å²) in [7, 11) is 2.07. The lowest BCUT2D eigenvalue weighted by Gasteiger charge is -2.38. The van der Waals surface area contributed by atoms with Gasteiger partial charge in [0.05, 0.1) is 19.1 Å². The Bertz CT molecular complexity index is 897. The maximum absolute atomic E-state index is 12.9. The van der Waals surface area contributed by atoms with Crippen molar-refractivity contribution in [1.29, 1.82) is 0 Å². The Kier molecular flexibility index (Phi) is 6.94. The molecule has 3 aliphatic heterocycles. The minimum absolute atomic E-state index is 0.00540. The van der Waals surface area contributed by atoms with Crippen LogP contribution in [0.4, 0.5) is 10.5 Å². The molecule has 1 aromatic rings. The van der Waals surface area contributed by atoms with Crippen LogP contribution in [0.25, 0.3) is 0 Å². The number of ether oxygens (including phenoxy) is 2. The minimum Gasteiger partial charge on any atom is -0.487 e. The van der Waals surface area contributed by atoms with Crippen LogP contribution in [0.3, 0.4) is 0 Å². The van der Waals surface area contributed by atoms with Gasteiger partial charge in [0.15, 0.2) is 0 Å². The maximum Gasteiger partial charge on any atom is 0.319 e. The van der Waals surface area contributed by atoms with Crippen LogP contribution in [0.1, 0.15) is 50.0 Å². The van der Waals surface area contributed by atoms with Crippen LogP contribution in [-0.2, 0) is 9.53 Å². The Balaban J connectivity index is 1.25. The van der Waals surface area contributed by atoms with Crippen LogP contribution in [0.5, 0.6) is 5.75 Å². The molecule has 2 saturated heterocycles. The molecule has 0 aromatic heterocycles. The van der Waals surface area contributed by atoms with E-state index in [1.165, 1.54) is 0 Å². The molecule has 0 bridgehead atoms. The standard InChI is InChI=1S/C25H36N4O5/c1-28-8-10-29(11-9-28)23(31)14-18-13-20-19-12-17(27-25(32)26-16-4-2-3-5-16)6-7-21(19)34-24(20)22(15-30)33-18/h6-7,12,16,18,20,22,24,30H,2-5,8-11,13-15H2,1H3,(H2,26,27,32)/t18-,20-,22+,24+/m1/s1. The van der Waals surface area contributed by atoms with E-state index in [0.717, 1.165) is 68.9 Å². The molecule has 1 aliphatic carbocycles. The first-order chi connectivity index (χ1) is 16.5. The van der Waals surface area contributed by atoms with E-state index in [1.807, 2.05) is 23.1 Å². The number of carbonyl (C=O) groups is 2. The van der Waals surface area contributed by atoms with Crippen molar-refractivity contribution in [2.45, 2.75) is 68.8 Å². The van der Waals surface area contributed by atoms with Gasteiger partial charge in [-0.1, -0.05) is 12.8 Å². The minimum atomic E-state index is -0.487. The Morgan fingerprint density at radius 1 is 1.15 bits per heavy atom. The largest absolute Gasteiger partial charge is 0.487 e. The van der Waals surface area contributed by atoms with E-state index in [9.17, 15) is 14.7 Å². The number of fused-ring (bicyclic) bond motifs is 3. The molecule has 0 unspecified atom stereocenters. The molecule has 9 nitrogen and oxygen atoms in total. The normalized spacial score (nSPS) is 29.3. The number of piperazine rings is 1. The summed E-state index contributed by atoms with van der Waals surface area (Å²) in [5.74, 6) is 0.863. The number of aliphatic hydroxyl groups is 1. The highest BCUT2D eigenvalue weighted by molar-refractivity contribution is 5.89. The van der Waals surface area contributed by atoms with Crippen molar-refractivity contribution in [3.63, 3.8) is 0 Å². The summed E-state index contributed by atoms with van der Waals surface area (Å²) in [5.41, 5.74) is 1.72. The first-order valence-electron chi connectivity index (χ1n) is 12.6. The number of aliphatic hydroxyl groups excluding tert-OH is 1. The summed E-state index contributed by atoms with van der Waals surface area (Å²) >= 11 is 0. The van der Waals surface area contributed by atoms with Crippen LogP contribution in [-0.4, -0.2) is 91.0 Å². The number of carbonyl (C=O) groups excluding carboxylic acids is 2. The van der Waals surface area contributed by atoms with Crippen molar-refractivity contribution < 1.29 is 24.2 Å². The first kappa shape index (κ1) is 23.4. The fraction of sp³-hybridized carbons (Fsp3) is 0.680. The molecular formula is C25H36N4O5. The molecule has 1 aromatic carbocycles. The summed E-state index contributed by atoms with van der Waals surface area (Å²) in [6.45, 7) is 3.07. The second-order valence-electron chi connectivity index (χ2n) is 10.1. The predicted molar refractivity (Wildman–Crippen MR) is 127 cm³/mol. The SMILES string of the molecule is CN1CCN(C(=O)C[C@H]2C[C@@H]3c4cc(NC(=O)NC5CCCC5)ccc4O[C@@H]3[C@H](CO)O2)CC1. The lowest BCUT2D eigenvalue weighted by Crippen LogP contribution is -2.50. The molecule has 3 heterocycles. The zero-order chi connectivity index (χ0) is 23.7. The molecule has 9 heteroatoms. The van der Waals surface area contributed by atoms with Gasteiger partial charge in [-0.15, -0.1) is 0 Å². The fourth-order valence-corrected chi connectivity index (χ4v) is 5.77. The third-order valence-electron chi connectivity index (χ3n) is 7.71. The fourth-order valence-electron chi connectivity index (χ4n) is 5.77. The van der Waals surface area contributed by atoms with Crippen molar-refractivity contribution in [2.24, 2.45) is 0 Å². The Labute approximate surface area is 200 Å². The molecule has 0 spiro atoms. The molecule has 4 aliphatic rings. The average Bonchev–Trinajstić information content (AvgIpc) is 3.46. The Hall–Kier alpha value is -2.36. The molecule has 3 N–H and O–H groups in total. The summed E-state index contributed by atoms with van der Waals surface area (Å²) in [6, 6.07) is 5.75. The highest BCUT2D eigenvalue weighted by atomic mass is 16.6. The molecule has 0 radical (unpaired) electrons. The van der Waals surface area contributed by atoms with E-state index in [1.54, 1.807) is 0 Å². The monoisotopic (exact) mass is 472 g/mol. The van der Waals surface area contributed by atoms with Gasteiger partial charge in [-0.05, 0) is 44.5 Å². The molecule has 186 valence electrons. The van der Waals surface area contributed by atoms with Gasteiger partial charge in [-0.2, -0.15) is 0 Å². The lowest BCUT2D eigenvalue weighted by atomic mass is 9.84. The number of nitrogens with one attached hydrogen (secondary N) is 2. The van der Waals surface area contributed by atoms with Gasteiger partial charge in [-0.25, -0.2) is 4.79 Å². The van der Waals surface area contributed by atoms with Crippen molar-refractivity contribution >= 4 is 17.6 Å². The molecule has 3 fully saturated rings. The Morgan fingerprint density at radius 2 is 1.91 bits per heavy atom. The molecule has 4 atom stereocenters. The smallest absolute Gasteiger partial charge is 0.319 e. The van der Waals surface area contributed by atoms with Gasteiger partial charge in [0.25, 0.3) is 0 Å². The third-order valence-corrected chi connectivity index (χ3v) is 7.71. The van der Waals surface area contributed by atoms with E-state index in [-0.39, 0.29) is 42.7 Å². The number of amides is 3. The van der Waals surface area contributed by atoms with Crippen molar-refractivity contribution in [3.05, 3.63) is 23.8 Å². The van der Waals surface area contributed by atoms with Crippen LogP contribution in [0.15, 0.2) is 18.2 Å². The molecule has 3 amide bonds. The third kappa shape index (κ3) is 5.01. The molecular weight excluding hydrogens is 436 g/mol. The molecule has 1 saturated carbocycles. The van der Waals surface area contributed by atoms with E-state index >= 15 is 0 Å². The van der Waals surface area contributed by atoms with Gasteiger partial charge in [0.1, 0.15) is 18.0 Å². The average molecular weight is 473 g/mol. The van der Waals surface area contributed by atoms with Gasteiger partial charge < -0.3 is 35.0 Å². The maximum atomic E-state index is 12.9. The van der Waals surface area contributed by atoms with Crippen molar-refractivity contribution in [2.75, 3.05) is 45.2 Å². The summed E-state index contributed by atoms with van der Waals surface area (Å²) in [4.78, 5) is 29.5. The van der Waals surface area contributed by atoms with Gasteiger partial charge in [0.2, 0.25) is 5.91 Å². The number of benzene rings is 1. The van der Waals surface area contributed by atoms with E-state index in [4.69, 9.17) is 9.47 Å². The van der Waals surface area contributed by atoms with Crippen LogP contribution in [0, 0.1) is 0 Å². The highest BCUT2D eigenvalue weighted by Gasteiger charge is 2.46. The number of hydrogen-bond acceptors (Lipinski definition) is 6. The second-order valence-corrected chi connectivity index (χ2v) is 10.1. The quantitative estimate of drug-likeness (QED) is 0.605. The number of rotatable bonds is 5. The van der Waals surface area contributed by atoms with E-state index < -0.39 is 6.10 Å². The van der Waals surface area contributed by atoms with Gasteiger partial charge in [-0.3, -0.25) is 4.79 Å². The van der Waals surface area contributed by atoms with E-state index in [2.05, 4.69) is 22.6 Å². The zero-order valence-corrected chi connectivity index (χ0v) is 19.9. The number of nitrogens with zero attached hydrogens (tertiary/aromatic N) is 2. The Morgan fingerprint density at radius 3 is 2.65 bits per heavy atom. The lowest BCUT2D eigenvalue weighted by molar-refractivity contribution is -0.150. The summed E-state index contributed by atoms with van der Waals surface area (Å²) < 4.78 is 12.3. The number of anilines is 1. The van der Waals surface area contributed by atoms with Crippen molar-refractivity contribution in [1.82, 2.24) is 15.1 Å². The topological polar surface area (TPSA) is 103 Å². The molecule has 5 rings (SSSR count). The number of likely N-dealkylation sites (N-methyl/N-ethyl adjacent to an activating group) is 1. The number of urea groups is 1.